The maximum absolute atomic E-state index is 13.6. The number of fused-ring (bicyclic) bond motifs is 1. The van der Waals surface area contributed by atoms with Crippen molar-refractivity contribution in [1.29, 1.82) is 0 Å². The molecule has 1 aromatic heterocycles. The third-order valence-corrected chi connectivity index (χ3v) is 4.28. The van der Waals surface area contributed by atoms with E-state index >= 15 is 0 Å². The second kappa shape index (κ2) is 5.62. The Morgan fingerprint density at radius 2 is 1.96 bits per heavy atom. The minimum atomic E-state index is -0.263. The van der Waals surface area contributed by atoms with Gasteiger partial charge in [-0.25, -0.2) is 9.07 Å². The Morgan fingerprint density at radius 1 is 1.13 bits per heavy atom. The van der Waals surface area contributed by atoms with Gasteiger partial charge in [-0.05, 0) is 41.5 Å². The Hall–Kier alpha value is -2.47. The van der Waals surface area contributed by atoms with Gasteiger partial charge < -0.3 is 5.32 Å². The maximum atomic E-state index is 13.6. The molecule has 0 saturated carbocycles. The highest BCUT2D eigenvalue weighted by molar-refractivity contribution is 9.10. The molecule has 0 aliphatic carbocycles. The van der Waals surface area contributed by atoms with E-state index in [1.807, 2.05) is 36.4 Å². The summed E-state index contributed by atoms with van der Waals surface area (Å²) in [7, 11) is 0. The average molecular weight is 371 g/mol. The van der Waals surface area contributed by atoms with Gasteiger partial charge in [-0.3, -0.25) is 0 Å². The van der Waals surface area contributed by atoms with Crippen molar-refractivity contribution >= 4 is 27.6 Å². The molecule has 0 saturated heterocycles. The fourth-order valence-corrected chi connectivity index (χ4v) is 2.92. The molecule has 0 fully saturated rings. The monoisotopic (exact) mass is 370 g/mol. The number of hydrogen-bond donors (Lipinski definition) is 1. The van der Waals surface area contributed by atoms with Crippen LogP contribution in [0.25, 0.3) is 5.70 Å². The van der Waals surface area contributed by atoms with E-state index in [1.165, 1.54) is 18.5 Å². The summed E-state index contributed by atoms with van der Waals surface area (Å²) in [6, 6.07) is 14.3. The number of nitrogens with zero attached hydrogens (tertiary/aromatic N) is 3. The highest BCUT2D eigenvalue weighted by Crippen LogP contribution is 2.32. The molecule has 1 N–H and O–H groups in total. The van der Waals surface area contributed by atoms with E-state index in [0.717, 1.165) is 21.3 Å². The van der Waals surface area contributed by atoms with Gasteiger partial charge in [0.15, 0.2) is 0 Å². The van der Waals surface area contributed by atoms with E-state index < -0.39 is 0 Å². The highest BCUT2D eigenvalue weighted by Gasteiger charge is 2.23. The van der Waals surface area contributed by atoms with E-state index in [9.17, 15) is 4.39 Å². The minimum absolute atomic E-state index is 0.205. The number of aromatic nitrogens is 3. The number of hydrogen-bond acceptors (Lipinski definition) is 3. The fourth-order valence-electron chi connectivity index (χ4n) is 2.66. The highest BCUT2D eigenvalue weighted by atomic mass is 79.9. The predicted octanol–water partition coefficient (Wildman–Crippen LogP) is 4.24. The normalized spacial score (nSPS) is 16.4. The molecule has 0 spiro atoms. The van der Waals surface area contributed by atoms with Gasteiger partial charge in [-0.15, -0.1) is 0 Å². The molecule has 0 radical (unpaired) electrons. The summed E-state index contributed by atoms with van der Waals surface area (Å²) < 4.78 is 16.4. The first-order chi connectivity index (χ1) is 11.2. The summed E-state index contributed by atoms with van der Waals surface area (Å²) in [5, 5.41) is 7.52. The largest absolute Gasteiger partial charge is 0.324 e. The van der Waals surface area contributed by atoms with Crippen LogP contribution in [0.4, 0.5) is 10.3 Å². The number of nitrogens with one attached hydrogen (secondary N) is 1. The van der Waals surface area contributed by atoms with Crippen LogP contribution >= 0.6 is 15.9 Å². The van der Waals surface area contributed by atoms with Gasteiger partial charge in [0.25, 0.3) is 0 Å². The van der Waals surface area contributed by atoms with Gasteiger partial charge in [0.1, 0.15) is 18.2 Å². The van der Waals surface area contributed by atoms with E-state index in [0.29, 0.717) is 5.95 Å². The summed E-state index contributed by atoms with van der Waals surface area (Å²) in [5.41, 5.74) is 2.78. The topological polar surface area (TPSA) is 42.7 Å². The zero-order valence-corrected chi connectivity index (χ0v) is 13.5. The molecule has 1 aliphatic heterocycles. The number of rotatable bonds is 2. The second-order valence-corrected chi connectivity index (χ2v) is 6.16. The average Bonchev–Trinajstić information content (AvgIpc) is 3.03. The number of allylic oxidation sites excluding steroid dienone is 1. The lowest BCUT2D eigenvalue weighted by Gasteiger charge is -2.24. The van der Waals surface area contributed by atoms with Crippen LogP contribution in [0.3, 0.4) is 0 Å². The van der Waals surface area contributed by atoms with E-state index in [2.05, 4.69) is 31.3 Å². The zero-order chi connectivity index (χ0) is 15.8. The molecule has 0 bridgehead atoms. The third-order valence-electron chi connectivity index (χ3n) is 3.75. The van der Waals surface area contributed by atoms with E-state index in [-0.39, 0.29) is 11.9 Å². The standard InChI is InChI=1S/C17H12BrFN4/c18-13-6-4-11(5-7-13)15-9-16(12-2-1-3-14(19)8-12)23-17(22-15)20-10-21-23/h1-10,16H,(H,20,21,22)/t16-/m0/s1. The first-order valence-electron chi connectivity index (χ1n) is 7.10. The van der Waals surface area contributed by atoms with Crippen molar-refractivity contribution in [2.45, 2.75) is 6.04 Å². The molecule has 1 aliphatic rings. The van der Waals surface area contributed by atoms with Crippen molar-refractivity contribution in [1.82, 2.24) is 14.8 Å². The van der Waals surface area contributed by atoms with Gasteiger partial charge in [0, 0.05) is 10.2 Å². The van der Waals surface area contributed by atoms with Crippen molar-refractivity contribution in [3.05, 3.63) is 82.4 Å². The van der Waals surface area contributed by atoms with E-state index in [1.54, 1.807) is 10.7 Å². The fraction of sp³-hybridized carbons (Fsp3) is 0.0588. The van der Waals surface area contributed by atoms with Gasteiger partial charge in [-0.1, -0.05) is 40.2 Å². The van der Waals surface area contributed by atoms with Gasteiger partial charge in [0.2, 0.25) is 5.95 Å². The Balaban J connectivity index is 1.81. The first kappa shape index (κ1) is 14.1. The van der Waals surface area contributed by atoms with Crippen LogP contribution in [0.5, 0.6) is 0 Å². The van der Waals surface area contributed by atoms with Crippen LogP contribution in [-0.4, -0.2) is 14.8 Å². The molecule has 23 heavy (non-hydrogen) atoms. The molecule has 4 nitrogen and oxygen atoms in total. The van der Waals surface area contributed by atoms with Gasteiger partial charge in [0.05, 0.1) is 0 Å². The Kier molecular flexibility index (Phi) is 3.46. The lowest BCUT2D eigenvalue weighted by Crippen LogP contribution is -2.20. The van der Waals surface area contributed by atoms with Gasteiger partial charge in [-0.2, -0.15) is 10.1 Å². The number of benzene rings is 2. The lowest BCUT2D eigenvalue weighted by atomic mass is 10.0. The van der Waals surface area contributed by atoms with Crippen LogP contribution < -0.4 is 5.32 Å². The van der Waals surface area contributed by atoms with E-state index in [4.69, 9.17) is 0 Å². The molecule has 3 aromatic rings. The summed E-state index contributed by atoms with van der Waals surface area (Å²) >= 11 is 3.44. The molecule has 1 atom stereocenters. The molecule has 2 heterocycles. The second-order valence-electron chi connectivity index (χ2n) is 5.24. The Labute approximate surface area is 140 Å². The molecule has 4 rings (SSSR count). The van der Waals surface area contributed by atoms with Crippen molar-refractivity contribution in [3.8, 4) is 0 Å². The van der Waals surface area contributed by atoms with Crippen molar-refractivity contribution in [3.63, 3.8) is 0 Å². The van der Waals surface area contributed by atoms with Crippen LogP contribution in [0, 0.1) is 5.82 Å². The molecular weight excluding hydrogens is 359 g/mol. The maximum Gasteiger partial charge on any atom is 0.226 e. The van der Waals surface area contributed by atoms with Crippen LogP contribution in [0.15, 0.2) is 65.4 Å². The minimum Gasteiger partial charge on any atom is -0.324 e. The quantitative estimate of drug-likeness (QED) is 0.733. The van der Waals surface area contributed by atoms with Crippen molar-refractivity contribution < 1.29 is 4.39 Å². The van der Waals surface area contributed by atoms with Crippen LogP contribution in [0.1, 0.15) is 17.2 Å². The Morgan fingerprint density at radius 3 is 2.74 bits per heavy atom. The molecular formula is C17H12BrFN4. The molecule has 0 unspecified atom stereocenters. The van der Waals surface area contributed by atoms with Gasteiger partial charge >= 0.3 is 0 Å². The Bertz CT molecular complexity index is 886. The van der Waals surface area contributed by atoms with Crippen LogP contribution in [-0.2, 0) is 0 Å². The number of halogens is 2. The summed E-state index contributed by atoms with van der Waals surface area (Å²) in [5.74, 6) is 0.376. The smallest absolute Gasteiger partial charge is 0.226 e. The molecule has 2 aromatic carbocycles. The lowest BCUT2D eigenvalue weighted by molar-refractivity contribution is 0.593. The SMILES string of the molecule is Fc1cccc([C@@H]2C=C(c3ccc(Br)cc3)Nc3ncnn32)c1. The number of anilines is 1. The zero-order valence-electron chi connectivity index (χ0n) is 11.9. The third kappa shape index (κ3) is 2.66. The van der Waals surface area contributed by atoms with Crippen molar-refractivity contribution in [2.75, 3.05) is 5.32 Å². The molecule has 0 amide bonds. The van der Waals surface area contributed by atoms with Crippen molar-refractivity contribution in [2.24, 2.45) is 0 Å². The van der Waals surface area contributed by atoms with Crippen LogP contribution in [0.2, 0.25) is 0 Å². The molecule has 114 valence electrons. The first-order valence-corrected chi connectivity index (χ1v) is 7.90. The molecule has 6 heteroatoms. The predicted molar refractivity (Wildman–Crippen MR) is 90.3 cm³/mol. The summed E-state index contributed by atoms with van der Waals surface area (Å²) in [6.45, 7) is 0. The summed E-state index contributed by atoms with van der Waals surface area (Å²) in [4.78, 5) is 4.25. The summed E-state index contributed by atoms with van der Waals surface area (Å²) in [6.07, 6.45) is 3.52.